The van der Waals surface area contributed by atoms with Gasteiger partial charge in [-0.1, -0.05) is 0 Å². The highest BCUT2D eigenvalue weighted by Crippen LogP contribution is 2.45. The van der Waals surface area contributed by atoms with Gasteiger partial charge in [-0.15, -0.1) is 11.7 Å². The fraction of sp³-hybridized carbons (Fsp3) is 1.00. The van der Waals surface area contributed by atoms with Gasteiger partial charge in [-0.25, -0.2) is 0 Å². The molecule has 56 valence electrons. The van der Waals surface area contributed by atoms with Crippen molar-refractivity contribution in [3.05, 3.63) is 0 Å². The number of hydrogen-bond donors (Lipinski definition) is 1. The average molecular weight is 184 g/mol. The SMILES string of the molecule is FC(F)(F)C(F)(F)SS. The van der Waals surface area contributed by atoms with Crippen molar-refractivity contribution in [3.8, 4) is 0 Å². The topological polar surface area (TPSA) is 0 Å². The number of hydrogen-bond acceptors (Lipinski definition) is 2. The highest BCUT2D eigenvalue weighted by atomic mass is 33.1. The molecule has 0 amide bonds. The van der Waals surface area contributed by atoms with E-state index in [9.17, 15) is 22.0 Å². The third-order valence-electron chi connectivity index (χ3n) is 0.445. The highest BCUT2D eigenvalue weighted by molar-refractivity contribution is 8.69. The van der Waals surface area contributed by atoms with Crippen LogP contribution in [0.2, 0.25) is 0 Å². The molecule has 9 heavy (non-hydrogen) atoms. The van der Waals surface area contributed by atoms with E-state index < -0.39 is 22.2 Å². The largest absolute Gasteiger partial charge is 0.464 e. The average Bonchev–Trinajstić information content (AvgIpc) is 1.64. The number of halogens is 5. The summed E-state index contributed by atoms with van der Waals surface area (Å²) in [6, 6.07) is 0. The van der Waals surface area contributed by atoms with E-state index in [-0.39, 0.29) is 0 Å². The maximum Gasteiger partial charge on any atom is 0.464 e. The van der Waals surface area contributed by atoms with Crippen molar-refractivity contribution in [3.63, 3.8) is 0 Å². The molecule has 0 heterocycles. The maximum absolute atomic E-state index is 11.4. The molecule has 0 aliphatic rings. The first-order chi connectivity index (χ1) is 3.81. The zero-order valence-electron chi connectivity index (χ0n) is 3.75. The molecule has 0 bridgehead atoms. The standard InChI is InChI=1S/C2HF5S2/c3-1(4,5)2(6,7)9-8/h8H. The van der Waals surface area contributed by atoms with Gasteiger partial charge in [0.15, 0.2) is 0 Å². The fourth-order valence-electron chi connectivity index (χ4n) is 0.0518. The van der Waals surface area contributed by atoms with Crippen molar-refractivity contribution >= 4 is 22.5 Å². The minimum atomic E-state index is -5.50. The van der Waals surface area contributed by atoms with Gasteiger partial charge < -0.3 is 0 Å². The van der Waals surface area contributed by atoms with Gasteiger partial charge in [0.25, 0.3) is 0 Å². The summed E-state index contributed by atoms with van der Waals surface area (Å²) in [5, 5.41) is -4.74. The van der Waals surface area contributed by atoms with Crippen LogP contribution in [0, 0.1) is 0 Å². The van der Waals surface area contributed by atoms with Crippen LogP contribution in [0.1, 0.15) is 0 Å². The summed E-state index contributed by atoms with van der Waals surface area (Å²) < 4.78 is 55.9. The zero-order valence-corrected chi connectivity index (χ0v) is 5.46. The van der Waals surface area contributed by atoms with Crippen molar-refractivity contribution in [2.24, 2.45) is 0 Å². The first-order valence-electron chi connectivity index (χ1n) is 1.58. The lowest BCUT2D eigenvalue weighted by atomic mass is 10.7. The summed E-state index contributed by atoms with van der Waals surface area (Å²) in [7, 11) is -0.830. The van der Waals surface area contributed by atoms with E-state index in [0.717, 1.165) is 0 Å². The molecular formula is C2HF5S2. The van der Waals surface area contributed by atoms with Crippen molar-refractivity contribution < 1.29 is 22.0 Å². The van der Waals surface area contributed by atoms with Crippen LogP contribution >= 0.6 is 22.5 Å². The van der Waals surface area contributed by atoms with Gasteiger partial charge in [0.1, 0.15) is 0 Å². The van der Waals surface area contributed by atoms with Gasteiger partial charge in [-0.3, -0.25) is 0 Å². The molecule has 0 aliphatic carbocycles. The Bertz CT molecular complexity index is 95.6. The number of rotatable bonds is 1. The van der Waals surface area contributed by atoms with Gasteiger partial charge in [0.05, 0.1) is 0 Å². The Morgan fingerprint density at radius 2 is 1.33 bits per heavy atom. The van der Waals surface area contributed by atoms with Gasteiger partial charge in [-0.05, 0) is 10.8 Å². The minimum absolute atomic E-state index is 0.830. The molecule has 0 fully saturated rings. The van der Waals surface area contributed by atoms with Crippen LogP contribution in [0.15, 0.2) is 0 Å². The van der Waals surface area contributed by atoms with Crippen LogP contribution < -0.4 is 0 Å². The zero-order chi connectivity index (χ0) is 7.71. The normalized spacial score (nSPS) is 14.0. The Balaban J connectivity index is 4.14. The molecule has 0 nitrogen and oxygen atoms in total. The van der Waals surface area contributed by atoms with Crippen LogP contribution in [0.25, 0.3) is 0 Å². The molecule has 0 unspecified atom stereocenters. The molecule has 0 rings (SSSR count). The highest BCUT2D eigenvalue weighted by Gasteiger charge is 2.57. The summed E-state index contributed by atoms with van der Waals surface area (Å²) in [4.78, 5) is 0. The number of thiol groups is 1. The van der Waals surface area contributed by atoms with E-state index in [1.807, 2.05) is 0 Å². The van der Waals surface area contributed by atoms with Crippen LogP contribution in [0.4, 0.5) is 22.0 Å². The van der Waals surface area contributed by atoms with E-state index in [1.165, 1.54) is 0 Å². The summed E-state index contributed by atoms with van der Waals surface area (Å²) >= 11 is 2.74. The summed E-state index contributed by atoms with van der Waals surface area (Å²) in [5.41, 5.74) is 0. The van der Waals surface area contributed by atoms with E-state index >= 15 is 0 Å². The second kappa shape index (κ2) is 2.53. The van der Waals surface area contributed by atoms with Crippen molar-refractivity contribution in [2.45, 2.75) is 11.4 Å². The van der Waals surface area contributed by atoms with Gasteiger partial charge in [-0.2, -0.15) is 22.0 Å². The summed E-state index contributed by atoms with van der Waals surface area (Å²) in [6.07, 6.45) is -5.50. The lowest BCUT2D eigenvalue weighted by Gasteiger charge is -2.14. The lowest BCUT2D eigenvalue weighted by Crippen LogP contribution is -2.31. The van der Waals surface area contributed by atoms with Crippen LogP contribution in [-0.4, -0.2) is 11.4 Å². The Hall–Kier alpha value is 0.350. The van der Waals surface area contributed by atoms with Crippen LogP contribution in [-0.2, 0) is 0 Å². The molecule has 0 atom stereocenters. The maximum atomic E-state index is 11.4. The molecule has 0 saturated heterocycles. The smallest absolute Gasteiger partial charge is 0.183 e. The molecule has 0 spiro atoms. The van der Waals surface area contributed by atoms with Gasteiger partial charge >= 0.3 is 11.4 Å². The Labute approximate surface area is 56.6 Å². The molecule has 7 heteroatoms. The Morgan fingerprint density at radius 3 is 1.33 bits per heavy atom. The van der Waals surface area contributed by atoms with Crippen molar-refractivity contribution in [2.75, 3.05) is 0 Å². The predicted molar refractivity (Wildman–Crippen MR) is 27.6 cm³/mol. The van der Waals surface area contributed by atoms with E-state index in [2.05, 4.69) is 11.7 Å². The quantitative estimate of drug-likeness (QED) is 0.371. The minimum Gasteiger partial charge on any atom is -0.183 e. The molecule has 0 aromatic carbocycles. The first-order valence-corrected chi connectivity index (χ1v) is 3.45. The fourth-order valence-corrected chi connectivity index (χ4v) is 0.466. The molecule has 0 aromatic heterocycles. The van der Waals surface area contributed by atoms with Gasteiger partial charge in [0.2, 0.25) is 0 Å². The second-order valence-electron chi connectivity index (χ2n) is 1.11. The second-order valence-corrected chi connectivity index (χ2v) is 2.35. The molecule has 0 N–H and O–H groups in total. The van der Waals surface area contributed by atoms with Crippen LogP contribution in [0.5, 0.6) is 0 Å². The Kier molecular flexibility index (Phi) is 2.63. The molecule has 0 aromatic rings. The molecule has 0 saturated carbocycles. The molecule has 0 aliphatic heterocycles. The third-order valence-corrected chi connectivity index (χ3v) is 1.59. The summed E-state index contributed by atoms with van der Waals surface area (Å²) in [6.45, 7) is 0. The first kappa shape index (κ1) is 9.35. The summed E-state index contributed by atoms with van der Waals surface area (Å²) in [5.74, 6) is 0. The van der Waals surface area contributed by atoms with E-state index in [4.69, 9.17) is 0 Å². The van der Waals surface area contributed by atoms with Crippen molar-refractivity contribution in [1.82, 2.24) is 0 Å². The molecule has 0 radical (unpaired) electrons. The lowest BCUT2D eigenvalue weighted by molar-refractivity contribution is -0.236. The van der Waals surface area contributed by atoms with Gasteiger partial charge in [0, 0.05) is 0 Å². The number of alkyl halides is 5. The van der Waals surface area contributed by atoms with E-state index in [0.29, 0.717) is 0 Å². The Morgan fingerprint density at radius 1 is 1.00 bits per heavy atom. The van der Waals surface area contributed by atoms with Crippen LogP contribution in [0.3, 0.4) is 0 Å². The predicted octanol–water partition coefficient (Wildman–Crippen LogP) is 2.72. The van der Waals surface area contributed by atoms with E-state index in [1.54, 1.807) is 0 Å². The van der Waals surface area contributed by atoms with Crippen molar-refractivity contribution in [1.29, 1.82) is 0 Å². The molecular weight excluding hydrogens is 183 g/mol. The third kappa shape index (κ3) is 2.21. The monoisotopic (exact) mass is 184 g/mol.